The fraction of sp³-hybridized carbons (Fsp3) is 0.480. The van der Waals surface area contributed by atoms with Gasteiger partial charge < -0.3 is 10.2 Å². The van der Waals surface area contributed by atoms with Gasteiger partial charge in [-0.15, -0.1) is 0 Å². The van der Waals surface area contributed by atoms with Crippen molar-refractivity contribution in [1.29, 1.82) is 0 Å². The van der Waals surface area contributed by atoms with Gasteiger partial charge in [0.1, 0.15) is 0 Å². The van der Waals surface area contributed by atoms with Crippen molar-refractivity contribution in [3.63, 3.8) is 0 Å². The maximum atomic E-state index is 13.7. The third-order valence-corrected chi connectivity index (χ3v) is 6.60. The van der Waals surface area contributed by atoms with Crippen molar-refractivity contribution in [2.24, 2.45) is 11.3 Å². The highest BCUT2D eigenvalue weighted by Crippen LogP contribution is 2.53. The normalized spacial score (nSPS) is 23.0. The molecule has 2 N–H and O–H groups in total. The van der Waals surface area contributed by atoms with Gasteiger partial charge in [0.15, 0.2) is 29.4 Å². The number of aromatic hydroxyl groups is 2. The quantitative estimate of drug-likeness (QED) is 0.380. The number of hydrogen-bond acceptors (Lipinski definition) is 5. The van der Waals surface area contributed by atoms with E-state index in [0.29, 0.717) is 19.1 Å². The zero-order valence-electron chi connectivity index (χ0n) is 18.3. The van der Waals surface area contributed by atoms with Crippen LogP contribution in [0.25, 0.3) is 0 Å². The molecule has 0 unspecified atom stereocenters. The Morgan fingerprint density at radius 3 is 2.43 bits per heavy atom. The Morgan fingerprint density at radius 2 is 1.87 bits per heavy atom. The Balaban J connectivity index is 2.15. The average molecular weight is 411 g/mol. The molecular formula is C25H30O5. The van der Waals surface area contributed by atoms with Crippen molar-refractivity contribution in [3.05, 3.63) is 45.6 Å². The van der Waals surface area contributed by atoms with E-state index in [0.717, 1.165) is 18.4 Å². The summed E-state index contributed by atoms with van der Waals surface area (Å²) in [4.78, 5) is 39.0. The van der Waals surface area contributed by atoms with E-state index in [-0.39, 0.29) is 39.7 Å². The monoisotopic (exact) mass is 410 g/mol. The molecule has 0 aromatic heterocycles. The maximum absolute atomic E-state index is 13.7. The minimum Gasteiger partial charge on any atom is -0.504 e. The van der Waals surface area contributed by atoms with E-state index in [1.807, 2.05) is 13.8 Å². The second kappa shape index (κ2) is 7.86. The number of phenols is 2. The van der Waals surface area contributed by atoms with E-state index in [4.69, 9.17) is 0 Å². The molecule has 1 aromatic carbocycles. The fourth-order valence-electron chi connectivity index (χ4n) is 4.84. The van der Waals surface area contributed by atoms with Crippen LogP contribution in [0.5, 0.6) is 11.5 Å². The van der Waals surface area contributed by atoms with Gasteiger partial charge in [0.25, 0.3) is 0 Å². The number of allylic oxidation sites excluding steroid dienone is 4. The molecule has 5 heteroatoms. The van der Waals surface area contributed by atoms with Crippen LogP contribution in [0.3, 0.4) is 0 Å². The highest BCUT2D eigenvalue weighted by molar-refractivity contribution is 6.22. The van der Waals surface area contributed by atoms with Gasteiger partial charge in [0.05, 0.1) is 5.56 Å². The summed E-state index contributed by atoms with van der Waals surface area (Å²) in [6.45, 7) is 9.45. The molecule has 3 rings (SSSR count). The SMILES string of the molecule is CC(C)=CCCC1=CC[C@]2(C)C(=O)c3c(c(C=O)c(O)c(O)c3C(C)C)C(=O)[C@@H]2C1. The molecule has 0 fully saturated rings. The number of rotatable bonds is 5. The first kappa shape index (κ1) is 22.0. The smallest absolute Gasteiger partial charge is 0.170 e. The third kappa shape index (κ3) is 3.30. The molecule has 2 aliphatic rings. The average Bonchev–Trinajstić information content (AvgIpc) is 2.68. The van der Waals surface area contributed by atoms with Gasteiger partial charge in [-0.3, -0.25) is 14.4 Å². The summed E-state index contributed by atoms with van der Waals surface area (Å²) >= 11 is 0. The number of carbonyl (C=O) groups excluding carboxylic acids is 3. The van der Waals surface area contributed by atoms with Crippen LogP contribution in [-0.4, -0.2) is 28.1 Å². The van der Waals surface area contributed by atoms with Gasteiger partial charge in [-0.25, -0.2) is 0 Å². The summed E-state index contributed by atoms with van der Waals surface area (Å²) in [5.74, 6) is -2.51. The summed E-state index contributed by atoms with van der Waals surface area (Å²) in [5.41, 5.74) is 1.49. The number of phenolic OH excluding ortho intramolecular Hbond substituents is 2. The molecule has 5 nitrogen and oxygen atoms in total. The summed E-state index contributed by atoms with van der Waals surface area (Å²) in [6.07, 6.45) is 7.20. The lowest BCUT2D eigenvalue weighted by Crippen LogP contribution is -2.47. The molecule has 0 saturated carbocycles. The number of ketones is 2. The van der Waals surface area contributed by atoms with E-state index in [2.05, 4.69) is 12.2 Å². The second-order valence-corrected chi connectivity index (χ2v) is 9.30. The molecule has 0 amide bonds. The molecule has 0 spiro atoms. The number of benzene rings is 1. The van der Waals surface area contributed by atoms with Crippen molar-refractivity contribution < 1.29 is 24.6 Å². The number of hydrogen-bond donors (Lipinski definition) is 2. The topological polar surface area (TPSA) is 91.7 Å². The van der Waals surface area contributed by atoms with Crippen LogP contribution in [0, 0.1) is 11.3 Å². The number of aldehydes is 1. The van der Waals surface area contributed by atoms with E-state index in [1.165, 1.54) is 5.57 Å². The van der Waals surface area contributed by atoms with Crippen molar-refractivity contribution >= 4 is 17.9 Å². The number of Topliss-reactive ketones (excluding diaryl/α,β-unsaturated/α-hetero) is 2. The van der Waals surface area contributed by atoms with Crippen LogP contribution < -0.4 is 0 Å². The first-order valence-corrected chi connectivity index (χ1v) is 10.5. The second-order valence-electron chi connectivity index (χ2n) is 9.30. The minimum atomic E-state index is -0.919. The molecule has 0 bridgehead atoms. The van der Waals surface area contributed by atoms with E-state index < -0.39 is 22.8 Å². The van der Waals surface area contributed by atoms with Crippen molar-refractivity contribution in [2.45, 2.75) is 66.2 Å². The van der Waals surface area contributed by atoms with Gasteiger partial charge in [-0.1, -0.05) is 44.1 Å². The summed E-state index contributed by atoms with van der Waals surface area (Å²) in [5, 5.41) is 20.9. The van der Waals surface area contributed by atoms with E-state index in [1.54, 1.807) is 20.8 Å². The van der Waals surface area contributed by atoms with Crippen LogP contribution in [0.4, 0.5) is 0 Å². The fourth-order valence-corrected chi connectivity index (χ4v) is 4.84. The van der Waals surface area contributed by atoms with Gasteiger partial charge in [-0.2, -0.15) is 0 Å². The third-order valence-electron chi connectivity index (χ3n) is 6.60. The van der Waals surface area contributed by atoms with Crippen molar-refractivity contribution in [2.75, 3.05) is 0 Å². The predicted octanol–water partition coefficient (Wildman–Crippen LogP) is 5.50. The van der Waals surface area contributed by atoms with Gasteiger partial charge >= 0.3 is 0 Å². The lowest BCUT2D eigenvalue weighted by atomic mass is 9.57. The molecule has 0 heterocycles. The van der Waals surface area contributed by atoms with Gasteiger partial charge in [-0.05, 0) is 45.4 Å². The Morgan fingerprint density at radius 1 is 1.20 bits per heavy atom. The first-order chi connectivity index (χ1) is 14.0. The molecule has 1 aromatic rings. The summed E-state index contributed by atoms with van der Waals surface area (Å²) < 4.78 is 0. The summed E-state index contributed by atoms with van der Waals surface area (Å²) in [7, 11) is 0. The number of carbonyl (C=O) groups is 3. The predicted molar refractivity (Wildman–Crippen MR) is 115 cm³/mol. The van der Waals surface area contributed by atoms with Crippen molar-refractivity contribution in [3.8, 4) is 11.5 Å². The van der Waals surface area contributed by atoms with Crippen LogP contribution in [0.15, 0.2) is 23.3 Å². The van der Waals surface area contributed by atoms with Gasteiger partial charge in [0.2, 0.25) is 0 Å². The minimum absolute atomic E-state index is 0.0259. The molecule has 0 radical (unpaired) electrons. The molecule has 160 valence electrons. The molecule has 0 aliphatic heterocycles. The Hall–Kier alpha value is -2.69. The van der Waals surface area contributed by atoms with Crippen LogP contribution in [-0.2, 0) is 0 Å². The Kier molecular flexibility index (Phi) is 5.76. The lowest BCUT2D eigenvalue weighted by Gasteiger charge is -2.43. The Labute approximate surface area is 177 Å². The molecule has 2 aliphatic carbocycles. The van der Waals surface area contributed by atoms with Crippen LogP contribution >= 0.6 is 0 Å². The first-order valence-electron chi connectivity index (χ1n) is 10.5. The van der Waals surface area contributed by atoms with Crippen molar-refractivity contribution in [1.82, 2.24) is 0 Å². The van der Waals surface area contributed by atoms with Crippen LogP contribution in [0.2, 0.25) is 0 Å². The molecular weight excluding hydrogens is 380 g/mol. The standard InChI is InChI=1S/C25H30O5/c1-13(2)7-6-8-15-9-10-25(5)17(11-15)22(28)19-16(12-26)21(27)23(29)18(14(3)4)20(19)24(25)30/h7,9,12,14,17,27,29H,6,8,10-11H2,1-5H3/t17-,25-/m0/s1. The zero-order valence-corrected chi connectivity index (χ0v) is 18.3. The highest BCUT2D eigenvalue weighted by atomic mass is 16.3. The van der Waals surface area contributed by atoms with Gasteiger partial charge in [0, 0.05) is 28.0 Å². The number of fused-ring (bicyclic) bond motifs is 2. The molecule has 2 atom stereocenters. The maximum Gasteiger partial charge on any atom is 0.170 e. The zero-order chi connectivity index (χ0) is 22.4. The van der Waals surface area contributed by atoms with E-state index in [9.17, 15) is 24.6 Å². The molecule has 0 saturated heterocycles. The largest absolute Gasteiger partial charge is 0.504 e. The van der Waals surface area contributed by atoms with Crippen LogP contribution in [0.1, 0.15) is 103 Å². The Bertz CT molecular complexity index is 992. The summed E-state index contributed by atoms with van der Waals surface area (Å²) in [6, 6.07) is 0. The molecule has 30 heavy (non-hydrogen) atoms. The van der Waals surface area contributed by atoms with E-state index >= 15 is 0 Å². The highest BCUT2D eigenvalue weighted by Gasteiger charge is 2.53. The lowest BCUT2D eigenvalue weighted by molar-refractivity contribution is 0.0560.